The first kappa shape index (κ1) is 12.6. The van der Waals surface area contributed by atoms with Crippen molar-refractivity contribution in [2.45, 2.75) is 13.5 Å². The predicted octanol–water partition coefficient (Wildman–Crippen LogP) is 2.26. The highest BCUT2D eigenvalue weighted by atomic mass is 79.9. The van der Waals surface area contributed by atoms with Crippen LogP contribution in [0.15, 0.2) is 33.3 Å². The number of amides is 1. The van der Waals surface area contributed by atoms with Gasteiger partial charge in [0.1, 0.15) is 11.5 Å². The second kappa shape index (κ2) is 5.22. The number of nitrogens with zero attached hydrogens (tertiary/aromatic N) is 1. The molecule has 0 aliphatic heterocycles. The Hall–Kier alpha value is -1.82. The van der Waals surface area contributed by atoms with Crippen LogP contribution in [0.1, 0.15) is 21.8 Å². The molecule has 6 heteroatoms. The zero-order valence-corrected chi connectivity index (χ0v) is 11.3. The van der Waals surface area contributed by atoms with E-state index in [1.165, 1.54) is 0 Å². The van der Waals surface area contributed by atoms with Gasteiger partial charge in [-0.2, -0.15) is 0 Å². The van der Waals surface area contributed by atoms with E-state index in [1.54, 1.807) is 31.2 Å². The van der Waals surface area contributed by atoms with Crippen LogP contribution in [0.2, 0.25) is 0 Å². The van der Waals surface area contributed by atoms with Gasteiger partial charge in [0.05, 0.1) is 6.54 Å². The molecule has 1 amide bonds. The number of hydrogen-bond donors (Lipinski definition) is 2. The average Bonchev–Trinajstić information content (AvgIpc) is 2.75. The van der Waals surface area contributed by atoms with Crippen molar-refractivity contribution in [2.24, 2.45) is 0 Å². The van der Waals surface area contributed by atoms with E-state index >= 15 is 0 Å². The second-order valence-corrected chi connectivity index (χ2v) is 4.70. The van der Waals surface area contributed by atoms with E-state index in [0.717, 1.165) is 4.47 Å². The van der Waals surface area contributed by atoms with Crippen LogP contribution in [-0.2, 0) is 6.54 Å². The standard InChI is InChI=1S/C12H12BrN3O2/c1-7-4-9(16-18-7)6-15-12(17)8-2-3-10(13)11(14)5-8/h2-5H,6,14H2,1H3,(H,15,17). The number of anilines is 1. The minimum Gasteiger partial charge on any atom is -0.398 e. The van der Waals surface area contributed by atoms with E-state index < -0.39 is 0 Å². The molecule has 1 aromatic heterocycles. The summed E-state index contributed by atoms with van der Waals surface area (Å²) >= 11 is 3.28. The normalized spacial score (nSPS) is 10.3. The van der Waals surface area contributed by atoms with Gasteiger partial charge in [-0.3, -0.25) is 4.79 Å². The average molecular weight is 310 g/mol. The summed E-state index contributed by atoms with van der Waals surface area (Å²) in [5, 5.41) is 6.53. The topological polar surface area (TPSA) is 81.2 Å². The summed E-state index contributed by atoms with van der Waals surface area (Å²) in [6.45, 7) is 2.12. The van der Waals surface area contributed by atoms with Gasteiger partial charge < -0.3 is 15.6 Å². The maximum atomic E-state index is 11.8. The number of benzene rings is 1. The van der Waals surface area contributed by atoms with Crippen LogP contribution in [0.4, 0.5) is 5.69 Å². The third-order valence-electron chi connectivity index (χ3n) is 2.37. The molecule has 0 atom stereocenters. The van der Waals surface area contributed by atoms with Crippen molar-refractivity contribution in [3.63, 3.8) is 0 Å². The zero-order chi connectivity index (χ0) is 13.1. The highest BCUT2D eigenvalue weighted by Crippen LogP contribution is 2.20. The molecule has 18 heavy (non-hydrogen) atoms. The molecule has 0 spiro atoms. The number of halogens is 1. The Morgan fingerprint density at radius 1 is 1.50 bits per heavy atom. The number of hydrogen-bond acceptors (Lipinski definition) is 4. The number of aryl methyl sites for hydroxylation is 1. The van der Waals surface area contributed by atoms with Gasteiger partial charge in [0.2, 0.25) is 0 Å². The summed E-state index contributed by atoms with van der Waals surface area (Å²) in [4.78, 5) is 11.8. The Balaban J connectivity index is 2.01. The second-order valence-electron chi connectivity index (χ2n) is 3.85. The number of nitrogens with one attached hydrogen (secondary N) is 1. The van der Waals surface area contributed by atoms with Crippen LogP contribution in [-0.4, -0.2) is 11.1 Å². The molecule has 1 aromatic carbocycles. The summed E-state index contributed by atoms with van der Waals surface area (Å²) in [5.74, 6) is 0.516. The minimum atomic E-state index is -0.199. The Bertz CT molecular complexity index is 580. The first-order valence-corrected chi connectivity index (χ1v) is 6.11. The predicted molar refractivity (Wildman–Crippen MR) is 71.0 cm³/mol. The molecule has 0 saturated heterocycles. The van der Waals surface area contributed by atoms with Crippen molar-refractivity contribution < 1.29 is 9.32 Å². The van der Waals surface area contributed by atoms with E-state index in [0.29, 0.717) is 29.2 Å². The largest absolute Gasteiger partial charge is 0.398 e. The molecule has 0 aliphatic carbocycles. The number of carbonyl (C=O) groups excluding carboxylic acids is 1. The molecule has 1 heterocycles. The molecular formula is C12H12BrN3O2. The lowest BCUT2D eigenvalue weighted by Crippen LogP contribution is -2.23. The van der Waals surface area contributed by atoms with Gasteiger partial charge in [0.25, 0.3) is 5.91 Å². The van der Waals surface area contributed by atoms with Gasteiger partial charge in [0.15, 0.2) is 0 Å². The van der Waals surface area contributed by atoms with Crippen LogP contribution in [0, 0.1) is 6.92 Å². The van der Waals surface area contributed by atoms with Gasteiger partial charge >= 0.3 is 0 Å². The Labute approximate surface area is 112 Å². The van der Waals surface area contributed by atoms with E-state index in [9.17, 15) is 4.79 Å². The van der Waals surface area contributed by atoms with E-state index in [4.69, 9.17) is 10.3 Å². The lowest BCUT2D eigenvalue weighted by Gasteiger charge is -2.04. The van der Waals surface area contributed by atoms with Crippen molar-refractivity contribution >= 4 is 27.5 Å². The highest BCUT2D eigenvalue weighted by Gasteiger charge is 2.08. The number of rotatable bonds is 3. The quantitative estimate of drug-likeness (QED) is 0.852. The lowest BCUT2D eigenvalue weighted by molar-refractivity contribution is 0.0950. The molecule has 0 aliphatic rings. The summed E-state index contributed by atoms with van der Waals surface area (Å²) in [7, 11) is 0. The van der Waals surface area contributed by atoms with Crippen molar-refractivity contribution in [1.29, 1.82) is 0 Å². The van der Waals surface area contributed by atoms with Crippen LogP contribution in [0.5, 0.6) is 0 Å². The molecule has 0 bridgehead atoms. The minimum absolute atomic E-state index is 0.199. The van der Waals surface area contributed by atoms with Gasteiger partial charge in [-0.25, -0.2) is 0 Å². The highest BCUT2D eigenvalue weighted by molar-refractivity contribution is 9.10. The van der Waals surface area contributed by atoms with Crippen LogP contribution >= 0.6 is 15.9 Å². The molecule has 0 fully saturated rings. The number of nitrogen functional groups attached to an aromatic ring is 1. The SMILES string of the molecule is Cc1cc(CNC(=O)c2ccc(Br)c(N)c2)no1. The maximum Gasteiger partial charge on any atom is 0.251 e. The van der Waals surface area contributed by atoms with Gasteiger partial charge in [-0.05, 0) is 41.1 Å². The fraction of sp³-hybridized carbons (Fsp3) is 0.167. The smallest absolute Gasteiger partial charge is 0.251 e. The zero-order valence-electron chi connectivity index (χ0n) is 9.74. The lowest BCUT2D eigenvalue weighted by atomic mass is 10.2. The monoisotopic (exact) mass is 309 g/mol. The first-order chi connectivity index (χ1) is 8.56. The summed E-state index contributed by atoms with van der Waals surface area (Å²) < 4.78 is 5.68. The fourth-order valence-corrected chi connectivity index (χ4v) is 1.71. The van der Waals surface area contributed by atoms with Gasteiger partial charge in [-0.15, -0.1) is 0 Å². The number of carbonyl (C=O) groups is 1. The molecule has 0 saturated carbocycles. The van der Waals surface area contributed by atoms with E-state index in [-0.39, 0.29) is 5.91 Å². The number of aromatic nitrogens is 1. The summed E-state index contributed by atoms with van der Waals surface area (Å²) in [6, 6.07) is 6.83. The maximum absolute atomic E-state index is 11.8. The Kier molecular flexibility index (Phi) is 3.66. The van der Waals surface area contributed by atoms with E-state index in [1.807, 2.05) is 0 Å². The van der Waals surface area contributed by atoms with Crippen molar-refractivity contribution in [1.82, 2.24) is 10.5 Å². The molecule has 2 rings (SSSR count). The molecule has 94 valence electrons. The van der Waals surface area contributed by atoms with E-state index in [2.05, 4.69) is 26.4 Å². The molecule has 3 N–H and O–H groups in total. The van der Waals surface area contributed by atoms with Crippen LogP contribution < -0.4 is 11.1 Å². The molecule has 5 nitrogen and oxygen atoms in total. The number of nitrogens with two attached hydrogens (primary N) is 1. The van der Waals surface area contributed by atoms with Crippen molar-refractivity contribution in [2.75, 3.05) is 5.73 Å². The Morgan fingerprint density at radius 2 is 2.28 bits per heavy atom. The third-order valence-corrected chi connectivity index (χ3v) is 3.09. The first-order valence-electron chi connectivity index (χ1n) is 5.31. The molecule has 0 radical (unpaired) electrons. The Morgan fingerprint density at radius 3 is 2.89 bits per heavy atom. The molecular weight excluding hydrogens is 298 g/mol. The third kappa shape index (κ3) is 2.89. The van der Waals surface area contributed by atoms with Crippen LogP contribution in [0.25, 0.3) is 0 Å². The van der Waals surface area contributed by atoms with Crippen LogP contribution in [0.3, 0.4) is 0 Å². The summed E-state index contributed by atoms with van der Waals surface area (Å²) in [5.41, 5.74) is 7.44. The summed E-state index contributed by atoms with van der Waals surface area (Å²) in [6.07, 6.45) is 0. The fourth-order valence-electron chi connectivity index (χ4n) is 1.46. The van der Waals surface area contributed by atoms with Crippen molar-refractivity contribution in [3.8, 4) is 0 Å². The van der Waals surface area contributed by atoms with Gasteiger partial charge in [-0.1, -0.05) is 5.16 Å². The molecule has 0 unspecified atom stereocenters. The van der Waals surface area contributed by atoms with Crippen molar-refractivity contribution in [3.05, 3.63) is 45.8 Å². The molecule has 2 aromatic rings. The van der Waals surface area contributed by atoms with Gasteiger partial charge in [0, 0.05) is 21.8 Å².